The predicted octanol–water partition coefficient (Wildman–Crippen LogP) is 3.83. The molecule has 1 N–H and O–H groups in total. The molecule has 0 aliphatic heterocycles. The predicted molar refractivity (Wildman–Crippen MR) is 82.1 cm³/mol. The number of ether oxygens (including phenoxy) is 1. The smallest absolute Gasteiger partial charge is 0.408 e. The summed E-state index contributed by atoms with van der Waals surface area (Å²) in [4.78, 5) is 16.2. The molecule has 1 aliphatic carbocycles. The molecule has 2 unspecified atom stereocenters. The molecule has 5 heteroatoms. The van der Waals surface area contributed by atoms with Crippen LogP contribution in [0.3, 0.4) is 0 Å². The van der Waals surface area contributed by atoms with Gasteiger partial charge in [-0.2, -0.15) is 0 Å². The molecule has 1 amide bonds. The summed E-state index contributed by atoms with van der Waals surface area (Å²) < 4.78 is 7.52. The maximum absolute atomic E-state index is 11.9. The van der Waals surface area contributed by atoms with Gasteiger partial charge in [-0.15, -0.1) is 0 Å². The lowest BCUT2D eigenvalue weighted by atomic mass is 10.1. The highest BCUT2D eigenvalue weighted by Gasteiger charge is 2.26. The van der Waals surface area contributed by atoms with Gasteiger partial charge in [-0.1, -0.05) is 6.92 Å². The van der Waals surface area contributed by atoms with Crippen LogP contribution in [0.4, 0.5) is 4.79 Å². The maximum Gasteiger partial charge on any atom is 0.408 e. The molecule has 1 saturated carbocycles. The van der Waals surface area contributed by atoms with Crippen LogP contribution in [0.1, 0.15) is 71.7 Å². The Morgan fingerprint density at radius 1 is 1.48 bits per heavy atom. The number of nitrogens with zero attached hydrogens (tertiary/aromatic N) is 2. The summed E-state index contributed by atoms with van der Waals surface area (Å²) >= 11 is 0. The van der Waals surface area contributed by atoms with Crippen molar-refractivity contribution in [3.8, 4) is 0 Å². The largest absolute Gasteiger partial charge is 0.444 e. The van der Waals surface area contributed by atoms with E-state index in [4.69, 9.17) is 4.74 Å². The van der Waals surface area contributed by atoms with Gasteiger partial charge in [0, 0.05) is 6.04 Å². The lowest BCUT2D eigenvalue weighted by Gasteiger charge is -2.23. The summed E-state index contributed by atoms with van der Waals surface area (Å²) in [6.07, 6.45) is 6.96. The summed E-state index contributed by atoms with van der Waals surface area (Å²) in [5, 5.41) is 2.89. The molecule has 1 aromatic rings. The van der Waals surface area contributed by atoms with Crippen LogP contribution in [0.15, 0.2) is 12.5 Å². The first-order valence-electron chi connectivity index (χ1n) is 7.77. The molecule has 2 rings (SSSR count). The third kappa shape index (κ3) is 4.22. The average molecular weight is 293 g/mol. The number of hydrogen-bond donors (Lipinski definition) is 1. The monoisotopic (exact) mass is 293 g/mol. The lowest BCUT2D eigenvalue weighted by Crippen LogP contribution is -2.34. The summed E-state index contributed by atoms with van der Waals surface area (Å²) in [5.74, 6) is 0.763. The summed E-state index contributed by atoms with van der Waals surface area (Å²) in [5.41, 5.74) is 0.560. The number of nitrogens with one attached hydrogen (secondary N) is 1. The van der Waals surface area contributed by atoms with E-state index in [-0.39, 0.29) is 12.1 Å². The Hall–Kier alpha value is -1.52. The number of carbonyl (C=O) groups excluding carboxylic acids is 1. The van der Waals surface area contributed by atoms with Crippen LogP contribution in [-0.4, -0.2) is 21.2 Å². The van der Waals surface area contributed by atoms with Crippen molar-refractivity contribution in [2.24, 2.45) is 5.92 Å². The van der Waals surface area contributed by atoms with Crippen LogP contribution < -0.4 is 5.32 Å². The van der Waals surface area contributed by atoms with Crippen LogP contribution in [-0.2, 0) is 4.74 Å². The van der Waals surface area contributed by atoms with Gasteiger partial charge in [0.05, 0.1) is 24.3 Å². The standard InChI is InChI=1S/C16H27N3O2/c1-11-6-7-13(8-11)19-10-17-9-14(19)12(2)18-15(20)21-16(3,4)5/h9-13H,6-8H2,1-5H3,(H,18,20)/t11?,12-,13?/m1/s1. The maximum atomic E-state index is 11.9. The minimum absolute atomic E-state index is 0.113. The molecule has 0 spiro atoms. The summed E-state index contributed by atoms with van der Waals surface area (Å²) in [7, 11) is 0. The topological polar surface area (TPSA) is 56.2 Å². The second kappa shape index (κ2) is 6.08. The molecule has 5 nitrogen and oxygen atoms in total. The number of carbonyl (C=O) groups is 1. The zero-order chi connectivity index (χ0) is 15.6. The van der Waals surface area contributed by atoms with Crippen molar-refractivity contribution in [2.75, 3.05) is 0 Å². The van der Waals surface area contributed by atoms with Gasteiger partial charge in [-0.05, 0) is 52.9 Å². The first kappa shape index (κ1) is 15.9. The van der Waals surface area contributed by atoms with Crippen molar-refractivity contribution >= 4 is 6.09 Å². The Labute approximate surface area is 127 Å². The van der Waals surface area contributed by atoms with Gasteiger partial charge in [0.25, 0.3) is 0 Å². The summed E-state index contributed by atoms with van der Waals surface area (Å²) in [6.45, 7) is 9.85. The minimum Gasteiger partial charge on any atom is -0.444 e. The van der Waals surface area contributed by atoms with Crippen LogP contribution in [0.5, 0.6) is 0 Å². The zero-order valence-electron chi connectivity index (χ0n) is 13.7. The first-order chi connectivity index (χ1) is 9.76. The number of rotatable bonds is 3. The molecule has 1 aliphatic rings. The van der Waals surface area contributed by atoms with Crippen LogP contribution >= 0.6 is 0 Å². The lowest BCUT2D eigenvalue weighted by molar-refractivity contribution is 0.0505. The fraction of sp³-hybridized carbons (Fsp3) is 0.750. The van der Waals surface area contributed by atoms with Gasteiger partial charge in [0.15, 0.2) is 0 Å². The molecule has 0 radical (unpaired) electrons. The van der Waals surface area contributed by atoms with Crippen molar-refractivity contribution in [2.45, 2.75) is 71.6 Å². The van der Waals surface area contributed by atoms with E-state index in [1.54, 1.807) is 0 Å². The molecule has 21 heavy (non-hydrogen) atoms. The van der Waals surface area contributed by atoms with Crippen LogP contribution in [0.2, 0.25) is 0 Å². The van der Waals surface area contributed by atoms with E-state index < -0.39 is 5.60 Å². The van der Waals surface area contributed by atoms with Gasteiger partial charge in [0.1, 0.15) is 5.60 Å². The SMILES string of the molecule is CC1CCC(n2cncc2[C@@H](C)NC(=O)OC(C)(C)C)C1. The zero-order valence-corrected chi connectivity index (χ0v) is 13.7. The quantitative estimate of drug-likeness (QED) is 0.921. The Morgan fingerprint density at radius 2 is 2.19 bits per heavy atom. The van der Waals surface area contributed by atoms with Crippen molar-refractivity contribution in [3.63, 3.8) is 0 Å². The summed E-state index contributed by atoms with van der Waals surface area (Å²) in [6, 6.07) is 0.388. The van der Waals surface area contributed by atoms with E-state index in [9.17, 15) is 4.79 Å². The van der Waals surface area contributed by atoms with Crippen LogP contribution in [0, 0.1) is 5.92 Å². The Balaban J connectivity index is 2.02. The molecule has 1 heterocycles. The number of imidazole rings is 1. The van der Waals surface area contributed by atoms with E-state index in [1.807, 2.05) is 40.2 Å². The second-order valence-electron chi connectivity index (χ2n) is 7.17. The molecular formula is C16H27N3O2. The number of amides is 1. The first-order valence-corrected chi connectivity index (χ1v) is 7.77. The normalized spacial score (nSPS) is 23.9. The van der Waals surface area contributed by atoms with E-state index >= 15 is 0 Å². The average Bonchev–Trinajstić information content (AvgIpc) is 2.93. The molecule has 0 saturated heterocycles. The molecule has 3 atom stereocenters. The number of hydrogen-bond acceptors (Lipinski definition) is 3. The molecular weight excluding hydrogens is 266 g/mol. The second-order valence-corrected chi connectivity index (χ2v) is 7.17. The fourth-order valence-corrected chi connectivity index (χ4v) is 2.94. The van der Waals surface area contributed by atoms with E-state index in [0.717, 1.165) is 11.6 Å². The van der Waals surface area contributed by atoms with Gasteiger partial charge in [0.2, 0.25) is 0 Å². The molecule has 118 valence electrons. The van der Waals surface area contributed by atoms with Gasteiger partial charge >= 0.3 is 6.09 Å². The van der Waals surface area contributed by atoms with Crippen LogP contribution in [0.25, 0.3) is 0 Å². The Bertz CT molecular complexity index is 490. The molecule has 0 bridgehead atoms. The van der Waals surface area contributed by atoms with Crippen molar-refractivity contribution in [1.29, 1.82) is 0 Å². The third-order valence-corrected chi connectivity index (χ3v) is 3.93. The van der Waals surface area contributed by atoms with Gasteiger partial charge in [-0.25, -0.2) is 9.78 Å². The fourth-order valence-electron chi connectivity index (χ4n) is 2.94. The van der Waals surface area contributed by atoms with Gasteiger partial charge in [-0.3, -0.25) is 0 Å². The van der Waals surface area contributed by atoms with E-state index in [0.29, 0.717) is 6.04 Å². The Kier molecular flexibility index (Phi) is 4.59. The highest BCUT2D eigenvalue weighted by atomic mass is 16.6. The molecule has 0 aromatic carbocycles. The highest BCUT2D eigenvalue weighted by molar-refractivity contribution is 5.68. The minimum atomic E-state index is -0.481. The van der Waals surface area contributed by atoms with E-state index in [1.165, 1.54) is 19.3 Å². The number of alkyl carbamates (subject to hydrolysis) is 1. The van der Waals surface area contributed by atoms with Crippen molar-refractivity contribution < 1.29 is 9.53 Å². The van der Waals surface area contributed by atoms with Gasteiger partial charge < -0.3 is 14.6 Å². The van der Waals surface area contributed by atoms with Crippen molar-refractivity contribution in [3.05, 3.63) is 18.2 Å². The molecule has 1 aromatic heterocycles. The molecule has 1 fully saturated rings. The highest BCUT2D eigenvalue weighted by Crippen LogP contribution is 2.35. The Morgan fingerprint density at radius 3 is 2.76 bits per heavy atom. The van der Waals surface area contributed by atoms with Crippen molar-refractivity contribution in [1.82, 2.24) is 14.9 Å². The third-order valence-electron chi connectivity index (χ3n) is 3.93. The number of aromatic nitrogens is 2. The van der Waals surface area contributed by atoms with E-state index in [2.05, 4.69) is 21.8 Å².